The highest BCUT2D eigenvalue weighted by Crippen LogP contribution is 2.26. The Morgan fingerprint density at radius 1 is 1.04 bits per heavy atom. The molecule has 0 saturated heterocycles. The Kier molecular flexibility index (Phi) is 7.11. The van der Waals surface area contributed by atoms with Crippen LogP contribution in [-0.4, -0.2) is 33.7 Å². The summed E-state index contributed by atoms with van der Waals surface area (Å²) >= 11 is 0. The molecule has 0 bridgehead atoms. The van der Waals surface area contributed by atoms with Crippen LogP contribution in [0.2, 0.25) is 0 Å². The number of rotatable bonds is 9. The Morgan fingerprint density at radius 3 is 2.04 bits per heavy atom. The first kappa shape index (κ1) is 18.5. The number of carbonyl (C=O) groups excluding carboxylic acids is 1. The third-order valence-corrected chi connectivity index (χ3v) is 3.47. The summed E-state index contributed by atoms with van der Waals surface area (Å²) in [7, 11) is 0. The Bertz CT molecular complexity index is 580. The second-order valence-electron chi connectivity index (χ2n) is 5.21. The van der Waals surface area contributed by atoms with Crippen molar-refractivity contribution in [2.75, 3.05) is 13.1 Å². The highest BCUT2D eigenvalue weighted by Gasteiger charge is 2.27. The van der Waals surface area contributed by atoms with Gasteiger partial charge in [-0.25, -0.2) is 0 Å². The molecule has 23 heavy (non-hydrogen) atoms. The lowest BCUT2D eigenvalue weighted by Crippen LogP contribution is -2.33. The van der Waals surface area contributed by atoms with Gasteiger partial charge < -0.3 is 4.90 Å². The van der Waals surface area contributed by atoms with Gasteiger partial charge in [-0.15, -0.1) is 0 Å². The summed E-state index contributed by atoms with van der Waals surface area (Å²) in [6.45, 7) is 5.03. The lowest BCUT2D eigenvalue weighted by molar-refractivity contribution is -0.394. The fourth-order valence-corrected chi connectivity index (χ4v) is 2.15. The Labute approximate surface area is 134 Å². The van der Waals surface area contributed by atoms with Gasteiger partial charge in [0.25, 0.3) is 17.3 Å². The summed E-state index contributed by atoms with van der Waals surface area (Å²) < 4.78 is 0. The second-order valence-corrected chi connectivity index (χ2v) is 5.21. The molecule has 1 aromatic carbocycles. The van der Waals surface area contributed by atoms with Crippen LogP contribution >= 0.6 is 0 Å². The van der Waals surface area contributed by atoms with E-state index in [-0.39, 0.29) is 5.56 Å². The number of amides is 1. The monoisotopic (exact) mass is 323 g/mol. The topological polar surface area (TPSA) is 107 Å². The van der Waals surface area contributed by atoms with Crippen LogP contribution in [0.4, 0.5) is 11.4 Å². The number of hydrogen-bond acceptors (Lipinski definition) is 5. The zero-order valence-corrected chi connectivity index (χ0v) is 13.4. The summed E-state index contributed by atoms with van der Waals surface area (Å²) in [4.78, 5) is 34.7. The Balaban J connectivity index is 3.16. The fraction of sp³-hybridized carbons (Fsp3) is 0.533. The average molecular weight is 323 g/mol. The Morgan fingerprint density at radius 2 is 1.61 bits per heavy atom. The number of unbranched alkanes of at least 4 members (excludes halogenated alkanes) is 2. The number of carbonyl (C=O) groups is 1. The van der Waals surface area contributed by atoms with Crippen molar-refractivity contribution in [3.8, 4) is 0 Å². The van der Waals surface area contributed by atoms with Crippen molar-refractivity contribution >= 4 is 17.3 Å². The van der Waals surface area contributed by atoms with Gasteiger partial charge in [-0.05, 0) is 18.9 Å². The maximum absolute atomic E-state index is 12.6. The van der Waals surface area contributed by atoms with Crippen molar-refractivity contribution < 1.29 is 14.6 Å². The summed E-state index contributed by atoms with van der Waals surface area (Å²) in [6, 6.07) is 3.13. The van der Waals surface area contributed by atoms with Gasteiger partial charge in [0.05, 0.1) is 15.9 Å². The van der Waals surface area contributed by atoms with E-state index in [1.807, 2.05) is 13.8 Å². The van der Waals surface area contributed by atoms with Crippen LogP contribution in [0.5, 0.6) is 0 Å². The van der Waals surface area contributed by atoms with Crippen LogP contribution in [-0.2, 0) is 0 Å². The number of hydrogen-bond donors (Lipinski definition) is 0. The zero-order valence-electron chi connectivity index (χ0n) is 13.4. The SMILES string of the molecule is CCCCN(CCCC)C(=O)c1ccc([N+](=O)[O-])cc1[N+](=O)[O-]. The fourth-order valence-electron chi connectivity index (χ4n) is 2.15. The largest absolute Gasteiger partial charge is 0.338 e. The second kappa shape index (κ2) is 8.82. The van der Waals surface area contributed by atoms with E-state index >= 15 is 0 Å². The summed E-state index contributed by atoms with van der Waals surface area (Å²) in [5.41, 5.74) is -1.03. The maximum Gasteiger partial charge on any atom is 0.289 e. The lowest BCUT2D eigenvalue weighted by Gasteiger charge is -2.22. The van der Waals surface area contributed by atoms with Crippen LogP contribution in [0.3, 0.4) is 0 Å². The van der Waals surface area contributed by atoms with E-state index in [0.717, 1.165) is 37.8 Å². The van der Waals surface area contributed by atoms with Gasteiger partial charge in [-0.1, -0.05) is 26.7 Å². The summed E-state index contributed by atoms with van der Waals surface area (Å²) in [6.07, 6.45) is 3.41. The van der Waals surface area contributed by atoms with Gasteiger partial charge in [0.1, 0.15) is 5.56 Å². The molecule has 0 aliphatic heterocycles. The zero-order chi connectivity index (χ0) is 17.4. The van der Waals surface area contributed by atoms with E-state index in [0.29, 0.717) is 13.1 Å². The van der Waals surface area contributed by atoms with Crippen LogP contribution in [0.25, 0.3) is 0 Å². The summed E-state index contributed by atoms with van der Waals surface area (Å²) in [5.74, 6) is -0.450. The van der Waals surface area contributed by atoms with E-state index in [2.05, 4.69) is 0 Å². The quantitative estimate of drug-likeness (QED) is 0.510. The molecule has 1 aromatic rings. The van der Waals surface area contributed by atoms with Crippen molar-refractivity contribution in [1.82, 2.24) is 4.90 Å². The molecule has 0 saturated carbocycles. The van der Waals surface area contributed by atoms with Gasteiger partial charge in [0.2, 0.25) is 0 Å². The van der Waals surface area contributed by atoms with Crippen molar-refractivity contribution in [3.63, 3.8) is 0 Å². The molecule has 0 aromatic heterocycles. The first-order valence-electron chi connectivity index (χ1n) is 7.64. The van der Waals surface area contributed by atoms with E-state index in [9.17, 15) is 25.0 Å². The molecular formula is C15H21N3O5. The van der Waals surface area contributed by atoms with Gasteiger partial charge in [-0.2, -0.15) is 0 Å². The standard InChI is InChI=1S/C15H21N3O5/c1-3-5-9-16(10-6-4-2)15(19)13-8-7-12(17(20)21)11-14(13)18(22)23/h7-8,11H,3-6,9-10H2,1-2H3. The van der Waals surface area contributed by atoms with Crippen LogP contribution in [0.1, 0.15) is 49.9 Å². The number of nitro benzene ring substituents is 2. The third-order valence-electron chi connectivity index (χ3n) is 3.47. The van der Waals surface area contributed by atoms with Crippen molar-refractivity contribution in [3.05, 3.63) is 44.0 Å². The van der Waals surface area contributed by atoms with E-state index < -0.39 is 27.1 Å². The number of non-ortho nitro benzene ring substituents is 1. The molecule has 0 atom stereocenters. The predicted molar refractivity (Wildman–Crippen MR) is 85.5 cm³/mol. The predicted octanol–water partition coefficient (Wildman–Crippen LogP) is 3.55. The van der Waals surface area contributed by atoms with Gasteiger partial charge in [0.15, 0.2) is 0 Å². The molecule has 0 aliphatic carbocycles. The number of nitro groups is 2. The first-order chi connectivity index (χ1) is 10.9. The molecule has 0 heterocycles. The molecule has 0 radical (unpaired) electrons. The lowest BCUT2D eigenvalue weighted by atomic mass is 10.1. The van der Waals surface area contributed by atoms with Gasteiger partial charge in [0, 0.05) is 19.2 Å². The molecular weight excluding hydrogens is 302 g/mol. The molecule has 0 fully saturated rings. The molecule has 0 aliphatic rings. The number of benzene rings is 1. The molecule has 1 amide bonds. The molecule has 8 heteroatoms. The van der Waals surface area contributed by atoms with Crippen molar-refractivity contribution in [2.45, 2.75) is 39.5 Å². The molecule has 0 unspecified atom stereocenters. The highest BCUT2D eigenvalue weighted by molar-refractivity contribution is 5.98. The number of nitrogens with zero attached hydrogens (tertiary/aromatic N) is 3. The average Bonchev–Trinajstić information content (AvgIpc) is 2.53. The van der Waals surface area contributed by atoms with Gasteiger partial charge >= 0.3 is 0 Å². The molecule has 8 nitrogen and oxygen atoms in total. The normalized spacial score (nSPS) is 10.3. The Hall–Kier alpha value is -2.51. The van der Waals surface area contributed by atoms with Crippen LogP contribution in [0.15, 0.2) is 18.2 Å². The van der Waals surface area contributed by atoms with E-state index in [1.54, 1.807) is 4.90 Å². The van der Waals surface area contributed by atoms with Crippen LogP contribution in [0, 0.1) is 20.2 Å². The molecule has 0 spiro atoms. The smallest absolute Gasteiger partial charge is 0.289 e. The van der Waals surface area contributed by atoms with Gasteiger partial charge in [-0.3, -0.25) is 25.0 Å². The van der Waals surface area contributed by atoms with Crippen LogP contribution < -0.4 is 0 Å². The minimum atomic E-state index is -0.752. The minimum Gasteiger partial charge on any atom is -0.338 e. The minimum absolute atomic E-state index is 0.104. The molecule has 126 valence electrons. The maximum atomic E-state index is 12.6. The third kappa shape index (κ3) is 5.01. The molecule has 1 rings (SSSR count). The summed E-state index contributed by atoms with van der Waals surface area (Å²) in [5, 5.41) is 21.9. The van der Waals surface area contributed by atoms with E-state index in [1.165, 1.54) is 6.07 Å². The van der Waals surface area contributed by atoms with Crippen molar-refractivity contribution in [1.29, 1.82) is 0 Å². The molecule has 0 N–H and O–H groups in total. The van der Waals surface area contributed by atoms with Crippen molar-refractivity contribution in [2.24, 2.45) is 0 Å². The van der Waals surface area contributed by atoms with E-state index in [4.69, 9.17) is 0 Å². The first-order valence-corrected chi connectivity index (χ1v) is 7.64. The highest BCUT2D eigenvalue weighted by atomic mass is 16.6.